The number of thiocarbonyl (C=S) groups is 1. The molecule has 0 aromatic heterocycles. The third-order valence-electron chi connectivity index (χ3n) is 3.46. The molecule has 6 nitrogen and oxygen atoms in total. The second kappa shape index (κ2) is 7.06. The normalized spacial score (nSPS) is 17.3. The Balaban J connectivity index is 2.58. The molecular weight excluding hydrogens is 340 g/mol. The Morgan fingerprint density at radius 3 is 2.52 bits per heavy atom. The molecule has 8 heteroatoms. The zero-order chi connectivity index (χ0) is 17.1. The first-order valence-electron chi connectivity index (χ1n) is 6.71. The summed E-state index contributed by atoms with van der Waals surface area (Å²) < 4.78 is 15.4. The van der Waals surface area contributed by atoms with Crippen LogP contribution in [-0.2, 0) is 9.53 Å². The average molecular weight is 357 g/mol. The fourth-order valence-corrected chi connectivity index (χ4v) is 3.00. The summed E-state index contributed by atoms with van der Waals surface area (Å²) >= 11 is 11.4. The lowest BCUT2D eigenvalue weighted by molar-refractivity contribution is -0.136. The maximum atomic E-state index is 12.1. The zero-order valence-electron chi connectivity index (χ0n) is 13.2. The summed E-state index contributed by atoms with van der Waals surface area (Å²) in [6.45, 7) is 1.76. The van der Waals surface area contributed by atoms with Crippen molar-refractivity contribution in [2.75, 3.05) is 21.3 Å². The lowest BCUT2D eigenvalue weighted by atomic mass is 9.95. The van der Waals surface area contributed by atoms with Crippen LogP contribution in [0.4, 0.5) is 0 Å². The smallest absolute Gasteiger partial charge is 0.337 e. The molecule has 1 aliphatic rings. The molecule has 0 radical (unpaired) electrons. The molecule has 1 aromatic rings. The van der Waals surface area contributed by atoms with Crippen molar-refractivity contribution in [3.8, 4) is 11.5 Å². The van der Waals surface area contributed by atoms with Crippen LogP contribution < -0.4 is 20.1 Å². The number of methoxy groups -OCH3 is 3. The van der Waals surface area contributed by atoms with Crippen LogP contribution in [0.1, 0.15) is 18.5 Å². The van der Waals surface area contributed by atoms with Gasteiger partial charge in [-0.3, -0.25) is 0 Å². The van der Waals surface area contributed by atoms with Crippen molar-refractivity contribution in [1.29, 1.82) is 0 Å². The first kappa shape index (κ1) is 17.4. The van der Waals surface area contributed by atoms with Crippen molar-refractivity contribution in [1.82, 2.24) is 10.6 Å². The predicted molar refractivity (Wildman–Crippen MR) is 90.9 cm³/mol. The van der Waals surface area contributed by atoms with Gasteiger partial charge in [0.05, 0.1) is 38.0 Å². The van der Waals surface area contributed by atoms with Gasteiger partial charge in [-0.2, -0.15) is 0 Å². The van der Waals surface area contributed by atoms with Crippen molar-refractivity contribution >= 4 is 34.9 Å². The molecule has 0 unspecified atom stereocenters. The van der Waals surface area contributed by atoms with Crippen LogP contribution in [0.5, 0.6) is 11.5 Å². The SMILES string of the molecule is COC(=O)C1=C(C)NC(=S)N[C@@H]1c1cc(Cl)c(OC)c(OC)c1. The van der Waals surface area contributed by atoms with E-state index in [2.05, 4.69) is 10.6 Å². The molecule has 0 saturated carbocycles. The number of hydrogen-bond donors (Lipinski definition) is 2. The third kappa shape index (κ3) is 3.35. The highest BCUT2D eigenvalue weighted by Crippen LogP contribution is 2.39. The number of hydrogen-bond acceptors (Lipinski definition) is 5. The topological polar surface area (TPSA) is 68.8 Å². The number of allylic oxidation sites excluding steroid dienone is 1. The van der Waals surface area contributed by atoms with Crippen LogP contribution in [0, 0.1) is 0 Å². The average Bonchev–Trinajstić information content (AvgIpc) is 2.52. The Labute approximate surface area is 144 Å². The largest absolute Gasteiger partial charge is 0.493 e. The molecule has 0 spiro atoms. The van der Waals surface area contributed by atoms with E-state index < -0.39 is 12.0 Å². The molecule has 1 atom stereocenters. The van der Waals surface area contributed by atoms with Gasteiger partial charge >= 0.3 is 5.97 Å². The monoisotopic (exact) mass is 356 g/mol. The Hall–Kier alpha value is -1.99. The maximum Gasteiger partial charge on any atom is 0.337 e. The molecule has 0 bridgehead atoms. The van der Waals surface area contributed by atoms with Gasteiger partial charge in [-0.05, 0) is 36.8 Å². The minimum absolute atomic E-state index is 0.370. The molecule has 1 heterocycles. The van der Waals surface area contributed by atoms with E-state index in [1.807, 2.05) is 0 Å². The van der Waals surface area contributed by atoms with Crippen LogP contribution in [0.3, 0.4) is 0 Å². The van der Waals surface area contributed by atoms with E-state index in [-0.39, 0.29) is 0 Å². The number of rotatable bonds is 4. The van der Waals surface area contributed by atoms with E-state index in [9.17, 15) is 4.79 Å². The summed E-state index contributed by atoms with van der Waals surface area (Å²) in [5, 5.41) is 6.75. The Morgan fingerprint density at radius 2 is 1.96 bits per heavy atom. The van der Waals surface area contributed by atoms with Gasteiger partial charge in [0.15, 0.2) is 16.6 Å². The number of benzene rings is 1. The molecule has 0 fully saturated rings. The summed E-state index contributed by atoms with van der Waals surface area (Å²) in [4.78, 5) is 12.1. The molecule has 23 heavy (non-hydrogen) atoms. The van der Waals surface area contributed by atoms with Crippen molar-refractivity contribution in [2.45, 2.75) is 13.0 Å². The number of ether oxygens (including phenoxy) is 3. The van der Waals surface area contributed by atoms with E-state index in [4.69, 9.17) is 38.0 Å². The first-order chi connectivity index (χ1) is 10.9. The predicted octanol–water partition coefficient (Wildman–Crippen LogP) is 2.32. The standard InChI is InChI=1S/C15H17ClN2O4S/c1-7-11(14(19)22-4)12(18-15(23)17-7)8-5-9(16)13(21-3)10(6-8)20-2/h5-6,12H,1-4H3,(H2,17,18,23)/t12-/m1/s1. The van der Waals surface area contributed by atoms with Crippen molar-refractivity contribution in [3.63, 3.8) is 0 Å². The van der Waals surface area contributed by atoms with Crippen LogP contribution in [0.25, 0.3) is 0 Å². The minimum atomic E-state index is -0.506. The van der Waals surface area contributed by atoms with Gasteiger partial charge in [-0.15, -0.1) is 0 Å². The van der Waals surface area contributed by atoms with Crippen molar-refractivity contribution < 1.29 is 19.0 Å². The minimum Gasteiger partial charge on any atom is -0.493 e. The van der Waals surface area contributed by atoms with Crippen LogP contribution in [0.2, 0.25) is 5.02 Å². The second-order valence-corrected chi connectivity index (χ2v) is 5.62. The number of nitrogens with one attached hydrogen (secondary N) is 2. The number of esters is 1. The molecule has 0 amide bonds. The van der Waals surface area contributed by atoms with Gasteiger partial charge in [0.2, 0.25) is 0 Å². The van der Waals surface area contributed by atoms with E-state index in [0.29, 0.717) is 38.5 Å². The maximum absolute atomic E-state index is 12.1. The van der Waals surface area contributed by atoms with E-state index in [1.54, 1.807) is 19.1 Å². The third-order valence-corrected chi connectivity index (χ3v) is 3.96. The van der Waals surface area contributed by atoms with Crippen LogP contribution >= 0.6 is 23.8 Å². The lowest BCUT2D eigenvalue weighted by Gasteiger charge is -2.30. The summed E-state index contributed by atoms with van der Waals surface area (Å²) in [6.07, 6.45) is 0. The van der Waals surface area contributed by atoms with Gasteiger partial charge in [0.25, 0.3) is 0 Å². The highest BCUT2D eigenvalue weighted by Gasteiger charge is 2.31. The molecule has 0 aliphatic carbocycles. The van der Waals surface area contributed by atoms with Crippen LogP contribution in [0.15, 0.2) is 23.4 Å². The number of carbonyl (C=O) groups excluding carboxylic acids is 1. The van der Waals surface area contributed by atoms with E-state index in [0.717, 1.165) is 0 Å². The van der Waals surface area contributed by atoms with E-state index >= 15 is 0 Å². The van der Waals surface area contributed by atoms with Gasteiger partial charge in [0.1, 0.15) is 0 Å². The molecule has 0 saturated heterocycles. The van der Waals surface area contributed by atoms with E-state index in [1.165, 1.54) is 21.3 Å². The highest BCUT2D eigenvalue weighted by molar-refractivity contribution is 7.80. The molecule has 1 aromatic carbocycles. The molecule has 124 valence electrons. The molecule has 2 rings (SSSR count). The van der Waals surface area contributed by atoms with Gasteiger partial charge in [-0.25, -0.2) is 4.79 Å². The first-order valence-corrected chi connectivity index (χ1v) is 7.49. The Kier molecular flexibility index (Phi) is 5.33. The Bertz CT molecular complexity index is 690. The number of carbonyl (C=O) groups is 1. The molecule has 2 N–H and O–H groups in total. The van der Waals surface area contributed by atoms with Gasteiger partial charge in [0, 0.05) is 5.70 Å². The summed E-state index contributed by atoms with van der Waals surface area (Å²) in [7, 11) is 4.35. The lowest BCUT2D eigenvalue weighted by Crippen LogP contribution is -2.45. The zero-order valence-corrected chi connectivity index (χ0v) is 14.7. The van der Waals surface area contributed by atoms with Crippen molar-refractivity contribution in [3.05, 3.63) is 34.0 Å². The van der Waals surface area contributed by atoms with Crippen LogP contribution in [-0.4, -0.2) is 32.4 Å². The highest BCUT2D eigenvalue weighted by atomic mass is 35.5. The summed E-state index contributed by atoms with van der Waals surface area (Å²) in [6, 6.07) is 2.94. The van der Waals surface area contributed by atoms with Gasteiger partial charge in [-0.1, -0.05) is 11.6 Å². The van der Waals surface area contributed by atoms with Gasteiger partial charge < -0.3 is 24.8 Å². The molecule has 1 aliphatic heterocycles. The van der Waals surface area contributed by atoms with Crippen molar-refractivity contribution in [2.24, 2.45) is 0 Å². The fourth-order valence-electron chi connectivity index (χ4n) is 2.43. The molecular formula is C15H17ClN2O4S. The Morgan fingerprint density at radius 1 is 1.26 bits per heavy atom. The summed E-state index contributed by atoms with van der Waals surface area (Å²) in [5.74, 6) is 0.429. The summed E-state index contributed by atoms with van der Waals surface area (Å²) in [5.41, 5.74) is 1.75. The quantitative estimate of drug-likeness (QED) is 0.633. The number of halogens is 1. The fraction of sp³-hybridized carbons (Fsp3) is 0.333. The second-order valence-electron chi connectivity index (χ2n) is 4.80.